The van der Waals surface area contributed by atoms with Crippen LogP contribution in [0.1, 0.15) is 27.6 Å². The largest absolute Gasteiger partial charge is 0.465 e. The van der Waals surface area contributed by atoms with Crippen molar-refractivity contribution in [3.05, 3.63) is 53.7 Å². The predicted octanol–water partition coefficient (Wildman–Crippen LogP) is 2.71. The lowest BCUT2D eigenvalue weighted by Crippen LogP contribution is -2.04. The number of methoxy groups -OCH3 is 1. The van der Waals surface area contributed by atoms with E-state index in [0.29, 0.717) is 23.4 Å². The van der Waals surface area contributed by atoms with E-state index in [0.717, 1.165) is 5.56 Å². The molecule has 1 aromatic heterocycles. The second-order valence-corrected chi connectivity index (χ2v) is 4.22. The fourth-order valence-corrected chi connectivity index (χ4v) is 1.82. The van der Waals surface area contributed by atoms with Crippen molar-refractivity contribution in [1.82, 2.24) is 4.98 Å². The van der Waals surface area contributed by atoms with Crippen LogP contribution in [0, 0.1) is 0 Å². The lowest BCUT2D eigenvalue weighted by molar-refractivity contribution is 0.0525. The molecule has 0 amide bonds. The van der Waals surface area contributed by atoms with E-state index in [-0.39, 0.29) is 5.97 Å². The average Bonchev–Trinajstić information content (AvgIpc) is 2.54. The van der Waals surface area contributed by atoms with Crippen LogP contribution in [-0.4, -0.2) is 30.6 Å². The van der Waals surface area contributed by atoms with Crippen molar-refractivity contribution in [2.24, 2.45) is 0 Å². The van der Waals surface area contributed by atoms with E-state index in [1.807, 2.05) is 0 Å². The Morgan fingerprint density at radius 2 is 1.76 bits per heavy atom. The summed E-state index contributed by atoms with van der Waals surface area (Å²) in [5, 5.41) is 0. The Kier molecular flexibility index (Phi) is 4.66. The van der Waals surface area contributed by atoms with Crippen molar-refractivity contribution in [2.45, 2.75) is 6.92 Å². The monoisotopic (exact) mass is 285 g/mol. The van der Waals surface area contributed by atoms with Gasteiger partial charge in [-0.3, -0.25) is 4.98 Å². The fourth-order valence-electron chi connectivity index (χ4n) is 1.82. The number of hydrogen-bond donors (Lipinski definition) is 0. The molecule has 0 spiro atoms. The fraction of sp³-hybridized carbons (Fsp3) is 0.188. The molecule has 0 aliphatic carbocycles. The van der Waals surface area contributed by atoms with Gasteiger partial charge in [0, 0.05) is 11.8 Å². The molecule has 0 bridgehead atoms. The number of hydrogen-bond acceptors (Lipinski definition) is 5. The van der Waals surface area contributed by atoms with Crippen molar-refractivity contribution >= 4 is 11.9 Å². The number of carbonyl (C=O) groups excluding carboxylic acids is 2. The van der Waals surface area contributed by atoms with Gasteiger partial charge in [0.1, 0.15) is 0 Å². The van der Waals surface area contributed by atoms with Crippen molar-refractivity contribution in [2.75, 3.05) is 13.7 Å². The van der Waals surface area contributed by atoms with Crippen LogP contribution in [0.15, 0.2) is 42.6 Å². The van der Waals surface area contributed by atoms with Crippen LogP contribution >= 0.6 is 0 Å². The van der Waals surface area contributed by atoms with Crippen LogP contribution in [0.3, 0.4) is 0 Å². The highest BCUT2D eigenvalue weighted by atomic mass is 16.5. The second-order valence-electron chi connectivity index (χ2n) is 4.22. The van der Waals surface area contributed by atoms with E-state index < -0.39 is 5.97 Å². The van der Waals surface area contributed by atoms with Crippen LogP contribution < -0.4 is 0 Å². The first-order valence-corrected chi connectivity index (χ1v) is 6.47. The van der Waals surface area contributed by atoms with Crippen molar-refractivity contribution < 1.29 is 19.1 Å². The summed E-state index contributed by atoms with van der Waals surface area (Å²) in [6.07, 6.45) is 1.54. The number of benzene rings is 1. The van der Waals surface area contributed by atoms with Crippen molar-refractivity contribution in [3.63, 3.8) is 0 Å². The zero-order valence-electron chi connectivity index (χ0n) is 11.8. The van der Waals surface area contributed by atoms with Crippen molar-refractivity contribution in [3.8, 4) is 11.3 Å². The molecule has 0 radical (unpaired) electrons. The molecule has 0 unspecified atom stereocenters. The Balaban J connectivity index is 2.26. The van der Waals surface area contributed by atoms with E-state index in [2.05, 4.69) is 9.72 Å². The summed E-state index contributed by atoms with van der Waals surface area (Å²) in [6.45, 7) is 2.10. The van der Waals surface area contributed by atoms with Crippen LogP contribution in [0.4, 0.5) is 0 Å². The number of pyridine rings is 1. The van der Waals surface area contributed by atoms with Gasteiger partial charge in [0.15, 0.2) is 0 Å². The van der Waals surface area contributed by atoms with Gasteiger partial charge in [-0.15, -0.1) is 0 Å². The first kappa shape index (κ1) is 14.7. The van der Waals surface area contributed by atoms with Crippen LogP contribution in [0.2, 0.25) is 0 Å². The highest BCUT2D eigenvalue weighted by Gasteiger charge is 2.09. The molecule has 0 saturated carbocycles. The molecule has 2 aromatic rings. The Morgan fingerprint density at radius 3 is 2.38 bits per heavy atom. The Hall–Kier alpha value is -2.69. The van der Waals surface area contributed by atoms with E-state index in [9.17, 15) is 9.59 Å². The minimum atomic E-state index is -0.415. The third-order valence-corrected chi connectivity index (χ3v) is 2.87. The lowest BCUT2D eigenvalue weighted by atomic mass is 10.1. The van der Waals surface area contributed by atoms with E-state index in [1.54, 1.807) is 49.5 Å². The number of nitrogens with zero attached hydrogens (tertiary/aromatic N) is 1. The van der Waals surface area contributed by atoms with E-state index in [1.165, 1.54) is 7.11 Å². The maximum absolute atomic E-state index is 11.6. The van der Waals surface area contributed by atoms with Gasteiger partial charge in [-0.05, 0) is 31.2 Å². The smallest absolute Gasteiger partial charge is 0.338 e. The second kappa shape index (κ2) is 6.65. The molecule has 0 saturated heterocycles. The van der Waals surface area contributed by atoms with Gasteiger partial charge in [-0.1, -0.05) is 12.1 Å². The van der Waals surface area contributed by atoms with Gasteiger partial charge in [0.05, 0.1) is 30.5 Å². The quantitative estimate of drug-likeness (QED) is 0.808. The van der Waals surface area contributed by atoms with E-state index >= 15 is 0 Å². The standard InChI is InChI=1S/C16H15NO4/c1-3-21-16(19)12-6-4-11(5-7-12)14-10-13(8-9-17-14)15(18)20-2/h4-10H,3H2,1-2H3. The molecule has 0 aliphatic rings. The zero-order valence-corrected chi connectivity index (χ0v) is 11.8. The molecule has 108 valence electrons. The maximum atomic E-state index is 11.6. The number of esters is 2. The SMILES string of the molecule is CCOC(=O)c1ccc(-c2cc(C(=O)OC)ccn2)cc1. The molecular formula is C16H15NO4. The molecule has 1 heterocycles. The van der Waals surface area contributed by atoms with Gasteiger partial charge >= 0.3 is 11.9 Å². The molecule has 5 nitrogen and oxygen atoms in total. The summed E-state index contributed by atoms with van der Waals surface area (Å²) in [5.74, 6) is -0.776. The molecule has 21 heavy (non-hydrogen) atoms. The lowest BCUT2D eigenvalue weighted by Gasteiger charge is -2.05. The minimum absolute atomic E-state index is 0.337. The summed E-state index contributed by atoms with van der Waals surface area (Å²) in [5.41, 5.74) is 2.34. The minimum Gasteiger partial charge on any atom is -0.465 e. The molecule has 2 rings (SSSR count). The normalized spacial score (nSPS) is 10.0. The summed E-state index contributed by atoms with van der Waals surface area (Å²) < 4.78 is 9.60. The van der Waals surface area contributed by atoms with Gasteiger partial charge in [0.25, 0.3) is 0 Å². The van der Waals surface area contributed by atoms with Gasteiger partial charge in [-0.2, -0.15) is 0 Å². The Labute approximate surface area is 122 Å². The molecule has 0 N–H and O–H groups in total. The number of carbonyl (C=O) groups is 2. The molecular weight excluding hydrogens is 270 g/mol. The predicted molar refractivity (Wildman–Crippen MR) is 77.0 cm³/mol. The highest BCUT2D eigenvalue weighted by Crippen LogP contribution is 2.19. The molecule has 0 atom stereocenters. The Bertz CT molecular complexity index is 650. The van der Waals surface area contributed by atoms with Gasteiger partial charge < -0.3 is 9.47 Å². The number of ether oxygens (including phenoxy) is 2. The third-order valence-electron chi connectivity index (χ3n) is 2.87. The zero-order chi connectivity index (χ0) is 15.2. The first-order valence-electron chi connectivity index (χ1n) is 6.47. The van der Waals surface area contributed by atoms with E-state index in [4.69, 9.17) is 4.74 Å². The van der Waals surface area contributed by atoms with Crippen LogP contribution in [0.5, 0.6) is 0 Å². The third kappa shape index (κ3) is 3.45. The average molecular weight is 285 g/mol. The number of rotatable bonds is 4. The number of aromatic nitrogens is 1. The summed E-state index contributed by atoms with van der Waals surface area (Å²) >= 11 is 0. The highest BCUT2D eigenvalue weighted by molar-refractivity contribution is 5.91. The topological polar surface area (TPSA) is 65.5 Å². The summed E-state index contributed by atoms with van der Waals surface area (Å²) in [4.78, 5) is 27.3. The molecule has 1 aromatic carbocycles. The molecule has 5 heteroatoms. The maximum Gasteiger partial charge on any atom is 0.338 e. The Morgan fingerprint density at radius 1 is 1.05 bits per heavy atom. The van der Waals surface area contributed by atoms with Crippen molar-refractivity contribution in [1.29, 1.82) is 0 Å². The summed E-state index contributed by atoms with van der Waals surface area (Å²) in [6, 6.07) is 10.1. The molecule has 0 aliphatic heterocycles. The first-order chi connectivity index (χ1) is 10.2. The van der Waals surface area contributed by atoms with Crippen LogP contribution in [0.25, 0.3) is 11.3 Å². The van der Waals surface area contributed by atoms with Gasteiger partial charge in [0.2, 0.25) is 0 Å². The summed E-state index contributed by atoms with van der Waals surface area (Å²) in [7, 11) is 1.33. The van der Waals surface area contributed by atoms with Crippen LogP contribution in [-0.2, 0) is 9.47 Å². The van der Waals surface area contributed by atoms with Gasteiger partial charge in [-0.25, -0.2) is 9.59 Å². The molecule has 0 fully saturated rings.